The number of halogens is 6. The summed E-state index contributed by atoms with van der Waals surface area (Å²) in [6, 6.07) is 21.8. The van der Waals surface area contributed by atoms with Gasteiger partial charge in [0.2, 0.25) is 5.91 Å². The third-order valence-electron chi connectivity index (χ3n) is 6.81. The van der Waals surface area contributed by atoms with Gasteiger partial charge in [0.15, 0.2) is 5.78 Å². The van der Waals surface area contributed by atoms with Crippen LogP contribution in [-0.4, -0.2) is 21.9 Å². The molecule has 4 aromatic rings. The number of benzene rings is 4. The lowest BCUT2D eigenvalue weighted by Crippen LogP contribution is -2.17. The van der Waals surface area contributed by atoms with Crippen LogP contribution in [0.1, 0.15) is 37.8 Å². The van der Waals surface area contributed by atoms with E-state index in [1.165, 1.54) is 30.3 Å². The molecule has 0 heterocycles. The quantitative estimate of drug-likeness (QED) is 0.146. The van der Waals surface area contributed by atoms with Gasteiger partial charge in [0, 0.05) is 44.9 Å². The molecule has 0 bridgehead atoms. The van der Waals surface area contributed by atoms with Gasteiger partial charge in [-0.3, -0.25) is 14.4 Å². The second kappa shape index (κ2) is 12.2. The molecule has 0 spiro atoms. The lowest BCUT2D eigenvalue weighted by atomic mass is 10.0. The number of hydrogen-bond donors (Lipinski definition) is 2. The van der Waals surface area contributed by atoms with Crippen LogP contribution in [0.25, 0.3) is 0 Å². The zero-order valence-electron chi connectivity index (χ0n) is 21.4. The summed E-state index contributed by atoms with van der Waals surface area (Å²) in [5.74, 6) is -3.36. The normalized spacial score (nSPS) is 16.9. The summed E-state index contributed by atoms with van der Waals surface area (Å²) >= 11 is 31.4. The third-order valence-corrected chi connectivity index (χ3v) is 8.52. The van der Waals surface area contributed by atoms with Crippen LogP contribution in [0.4, 0.5) is 15.8 Å². The van der Waals surface area contributed by atoms with Crippen LogP contribution in [0.5, 0.6) is 0 Å². The Morgan fingerprint density at radius 2 is 1.43 bits per heavy atom. The number of carbonyl (C=O) groups excluding carboxylic acids is 3. The van der Waals surface area contributed by atoms with Gasteiger partial charge in [-0.05, 0) is 71.8 Å². The highest BCUT2D eigenvalue weighted by molar-refractivity contribution is 6.53. The van der Waals surface area contributed by atoms with E-state index in [0.717, 1.165) is 6.07 Å². The van der Waals surface area contributed by atoms with Gasteiger partial charge in [-0.2, -0.15) is 0 Å². The van der Waals surface area contributed by atoms with Gasteiger partial charge in [-0.15, -0.1) is 23.2 Å². The van der Waals surface area contributed by atoms with Gasteiger partial charge in [0.05, 0.1) is 10.9 Å². The summed E-state index contributed by atoms with van der Waals surface area (Å²) in [5.41, 5.74) is 1.77. The van der Waals surface area contributed by atoms with Gasteiger partial charge in [0.1, 0.15) is 10.2 Å². The van der Waals surface area contributed by atoms with Crippen molar-refractivity contribution in [2.45, 2.75) is 16.7 Å². The van der Waals surface area contributed by atoms with Crippen molar-refractivity contribution in [1.29, 1.82) is 0 Å². The molecule has 1 aliphatic rings. The first kappa shape index (κ1) is 30.3. The summed E-state index contributed by atoms with van der Waals surface area (Å²) in [7, 11) is 0. The number of ketones is 1. The second-order valence-electron chi connectivity index (χ2n) is 9.74. The van der Waals surface area contributed by atoms with Crippen LogP contribution in [0, 0.1) is 11.7 Å². The smallest absolute Gasteiger partial charge is 0.255 e. The highest BCUT2D eigenvalue weighted by atomic mass is 35.5. The standard InChI is InChI=1S/C31H20Cl5FN2O3/c32-19-10-18(11-20(33)13-19)27-28(31(27,35)36)30(42)39-21-8-9-24(34)23(14-21)26(40)12-17-6-7-22(15-25(17)37)38-29(41)16-4-2-1-3-5-16/h1-11,13-15,27-28H,12H2,(H,38,41)(H,39,42). The first-order valence-electron chi connectivity index (χ1n) is 12.6. The Labute approximate surface area is 265 Å². The summed E-state index contributed by atoms with van der Waals surface area (Å²) in [6.07, 6.45) is -0.303. The molecule has 1 fully saturated rings. The molecule has 1 saturated carbocycles. The Morgan fingerprint density at radius 3 is 2.10 bits per heavy atom. The Bertz CT molecular complexity index is 1690. The lowest BCUT2D eigenvalue weighted by Gasteiger charge is -2.11. The molecule has 2 unspecified atom stereocenters. The van der Waals surface area contributed by atoms with E-state index in [1.807, 2.05) is 0 Å². The van der Waals surface area contributed by atoms with E-state index < -0.39 is 33.7 Å². The molecule has 2 amide bonds. The number of nitrogens with one attached hydrogen (secondary N) is 2. The summed E-state index contributed by atoms with van der Waals surface area (Å²) in [6.45, 7) is 0. The fourth-order valence-corrected chi connectivity index (χ4v) is 6.28. The predicted molar refractivity (Wildman–Crippen MR) is 166 cm³/mol. The predicted octanol–water partition coefficient (Wildman–Crippen LogP) is 8.99. The van der Waals surface area contributed by atoms with Crippen molar-refractivity contribution in [3.05, 3.63) is 128 Å². The monoisotopic (exact) mass is 662 g/mol. The van der Waals surface area contributed by atoms with Crippen molar-refractivity contribution in [3.8, 4) is 0 Å². The van der Waals surface area contributed by atoms with Gasteiger partial charge in [-0.1, -0.05) is 59.1 Å². The van der Waals surface area contributed by atoms with Crippen LogP contribution in [0.2, 0.25) is 15.1 Å². The first-order valence-corrected chi connectivity index (χ1v) is 14.5. The molecule has 4 aromatic carbocycles. The molecule has 0 aliphatic heterocycles. The van der Waals surface area contributed by atoms with Crippen LogP contribution in [-0.2, 0) is 11.2 Å². The van der Waals surface area contributed by atoms with Crippen molar-refractivity contribution in [3.63, 3.8) is 0 Å². The Kier molecular flexibility index (Phi) is 8.83. The fourth-order valence-electron chi connectivity index (χ4n) is 4.69. The maximum Gasteiger partial charge on any atom is 0.255 e. The average molecular weight is 665 g/mol. The number of rotatable bonds is 8. The SMILES string of the molecule is O=C(Nc1ccc(CC(=O)c2cc(NC(=O)C3C(c4cc(Cl)cc(Cl)c4)C3(Cl)Cl)ccc2Cl)c(F)c1)c1ccccc1. The van der Waals surface area contributed by atoms with Crippen molar-refractivity contribution in [1.82, 2.24) is 0 Å². The molecule has 0 aromatic heterocycles. The zero-order valence-corrected chi connectivity index (χ0v) is 25.2. The van der Waals surface area contributed by atoms with Crippen molar-refractivity contribution < 1.29 is 18.8 Å². The van der Waals surface area contributed by atoms with Gasteiger partial charge < -0.3 is 10.6 Å². The molecule has 1 aliphatic carbocycles. The Balaban J connectivity index is 1.27. The van der Waals surface area contributed by atoms with Crippen LogP contribution >= 0.6 is 58.0 Å². The van der Waals surface area contributed by atoms with E-state index >= 15 is 0 Å². The second-order valence-corrected chi connectivity index (χ2v) is 12.5. The Morgan fingerprint density at radius 1 is 0.786 bits per heavy atom. The minimum atomic E-state index is -1.38. The largest absolute Gasteiger partial charge is 0.326 e. The molecule has 2 atom stereocenters. The number of amides is 2. The number of hydrogen-bond acceptors (Lipinski definition) is 3. The number of anilines is 2. The van der Waals surface area contributed by atoms with E-state index in [0.29, 0.717) is 21.2 Å². The number of alkyl halides is 2. The van der Waals surface area contributed by atoms with Crippen LogP contribution in [0.15, 0.2) is 84.9 Å². The molecule has 0 saturated heterocycles. The zero-order chi connectivity index (χ0) is 30.2. The summed E-state index contributed by atoms with van der Waals surface area (Å²) in [5, 5.41) is 6.26. The average Bonchev–Trinajstić information content (AvgIpc) is 3.53. The molecule has 5 nitrogen and oxygen atoms in total. The molecule has 2 N–H and O–H groups in total. The molecule has 11 heteroatoms. The van der Waals surface area contributed by atoms with Crippen molar-refractivity contribution in [2.24, 2.45) is 5.92 Å². The Hall–Kier alpha value is -3.13. The number of carbonyl (C=O) groups is 3. The van der Waals surface area contributed by atoms with Crippen LogP contribution < -0.4 is 10.6 Å². The van der Waals surface area contributed by atoms with Gasteiger partial charge in [-0.25, -0.2) is 4.39 Å². The highest BCUT2D eigenvalue weighted by Gasteiger charge is 2.67. The summed E-state index contributed by atoms with van der Waals surface area (Å²) in [4.78, 5) is 38.6. The molecular formula is C31H20Cl5FN2O3. The highest BCUT2D eigenvalue weighted by Crippen LogP contribution is 2.65. The minimum Gasteiger partial charge on any atom is -0.326 e. The number of Topliss-reactive ketones (excluding diaryl/α,β-unsaturated/α-hetero) is 1. The first-order chi connectivity index (χ1) is 19.9. The van der Waals surface area contributed by atoms with Gasteiger partial charge in [0.25, 0.3) is 5.91 Å². The van der Waals surface area contributed by atoms with E-state index in [4.69, 9.17) is 58.0 Å². The molecular weight excluding hydrogens is 645 g/mol. The minimum absolute atomic E-state index is 0.0901. The maximum atomic E-state index is 14.9. The van der Waals surface area contributed by atoms with Crippen molar-refractivity contribution in [2.75, 3.05) is 10.6 Å². The third kappa shape index (κ3) is 6.59. The topological polar surface area (TPSA) is 75.3 Å². The molecule has 0 radical (unpaired) electrons. The van der Waals surface area contributed by atoms with Gasteiger partial charge >= 0.3 is 0 Å². The van der Waals surface area contributed by atoms with Crippen LogP contribution in [0.3, 0.4) is 0 Å². The van der Waals surface area contributed by atoms with E-state index in [9.17, 15) is 18.8 Å². The van der Waals surface area contributed by atoms with E-state index in [-0.39, 0.29) is 39.9 Å². The maximum absolute atomic E-state index is 14.9. The summed E-state index contributed by atoms with van der Waals surface area (Å²) < 4.78 is 13.5. The lowest BCUT2D eigenvalue weighted by molar-refractivity contribution is -0.117. The van der Waals surface area contributed by atoms with E-state index in [1.54, 1.807) is 48.5 Å². The molecule has 214 valence electrons. The van der Waals surface area contributed by atoms with E-state index in [2.05, 4.69) is 10.6 Å². The molecule has 42 heavy (non-hydrogen) atoms. The molecule has 5 rings (SSSR count). The fraction of sp³-hybridized carbons (Fsp3) is 0.129. The van der Waals surface area contributed by atoms with Crippen molar-refractivity contribution >= 4 is 87.0 Å².